The number of piperidine rings is 1. The van der Waals surface area contributed by atoms with Crippen LogP contribution in [0.4, 0.5) is 5.13 Å². The highest BCUT2D eigenvalue weighted by Gasteiger charge is 2.26. The minimum atomic E-state index is -1.14. The van der Waals surface area contributed by atoms with Crippen molar-refractivity contribution in [2.24, 2.45) is 0 Å². The van der Waals surface area contributed by atoms with Gasteiger partial charge in [-0.3, -0.25) is 4.79 Å². The van der Waals surface area contributed by atoms with Crippen LogP contribution in [0, 0.1) is 0 Å². The van der Waals surface area contributed by atoms with Crippen LogP contribution in [0.1, 0.15) is 39.9 Å². The Labute approximate surface area is 122 Å². The van der Waals surface area contributed by atoms with Crippen molar-refractivity contribution >= 4 is 28.2 Å². The predicted molar refractivity (Wildman–Crippen MR) is 78.0 cm³/mol. The van der Waals surface area contributed by atoms with E-state index in [1.807, 2.05) is 0 Å². The Balaban J connectivity index is 2.16. The van der Waals surface area contributed by atoms with E-state index in [4.69, 9.17) is 5.11 Å². The highest BCUT2D eigenvalue weighted by atomic mass is 32.1. The molecule has 1 saturated heterocycles. The summed E-state index contributed by atoms with van der Waals surface area (Å²) in [7, 11) is 4.14. The van der Waals surface area contributed by atoms with Gasteiger partial charge in [0.25, 0.3) is 0 Å². The van der Waals surface area contributed by atoms with Crippen molar-refractivity contribution in [1.82, 2.24) is 9.88 Å². The van der Waals surface area contributed by atoms with Crippen molar-refractivity contribution in [3.05, 3.63) is 10.6 Å². The number of carboxylic acid groups (broad SMARTS) is 1. The zero-order valence-electron chi connectivity index (χ0n) is 11.9. The van der Waals surface area contributed by atoms with Crippen molar-refractivity contribution in [2.45, 2.75) is 25.8 Å². The van der Waals surface area contributed by atoms with Crippen LogP contribution in [0.15, 0.2) is 0 Å². The van der Waals surface area contributed by atoms with Gasteiger partial charge in [-0.1, -0.05) is 11.3 Å². The number of Topliss-reactive ketones (excluding diaryl/α,β-unsaturated/α-hetero) is 1. The maximum Gasteiger partial charge on any atom is 0.356 e. The van der Waals surface area contributed by atoms with Crippen LogP contribution < -0.4 is 4.90 Å². The molecule has 2 rings (SSSR count). The summed E-state index contributed by atoms with van der Waals surface area (Å²) >= 11 is 1.18. The van der Waals surface area contributed by atoms with Crippen molar-refractivity contribution < 1.29 is 14.7 Å². The number of ketones is 1. The summed E-state index contributed by atoms with van der Waals surface area (Å²) < 4.78 is 0. The van der Waals surface area contributed by atoms with Gasteiger partial charge in [-0.15, -0.1) is 0 Å². The van der Waals surface area contributed by atoms with Crippen molar-refractivity contribution in [2.75, 3.05) is 32.1 Å². The van der Waals surface area contributed by atoms with Gasteiger partial charge in [0.15, 0.2) is 16.6 Å². The Kier molecular flexibility index (Phi) is 4.39. The third kappa shape index (κ3) is 2.99. The number of carbonyl (C=O) groups is 2. The fourth-order valence-corrected chi connectivity index (χ4v) is 3.41. The second-order valence-electron chi connectivity index (χ2n) is 5.22. The van der Waals surface area contributed by atoms with Crippen molar-refractivity contribution in [3.63, 3.8) is 0 Å². The lowest BCUT2D eigenvalue weighted by Gasteiger charge is -2.34. The predicted octanol–water partition coefficient (Wildman–Crippen LogP) is 1.57. The van der Waals surface area contributed by atoms with Crippen LogP contribution in [0.5, 0.6) is 0 Å². The molecule has 0 aromatic carbocycles. The van der Waals surface area contributed by atoms with Gasteiger partial charge in [-0.05, 0) is 26.9 Å². The number of rotatable bonds is 4. The van der Waals surface area contributed by atoms with Gasteiger partial charge in [0.1, 0.15) is 4.88 Å². The Hall–Kier alpha value is -1.47. The Morgan fingerprint density at radius 2 is 1.95 bits per heavy atom. The maximum atomic E-state index is 11.5. The van der Waals surface area contributed by atoms with E-state index in [0.717, 1.165) is 25.9 Å². The van der Waals surface area contributed by atoms with Crippen LogP contribution in [0.2, 0.25) is 0 Å². The summed E-state index contributed by atoms with van der Waals surface area (Å²) in [5.41, 5.74) is -0.118. The fraction of sp³-hybridized carbons (Fsp3) is 0.615. The lowest BCUT2D eigenvalue weighted by Crippen LogP contribution is -2.41. The number of hydrogen-bond acceptors (Lipinski definition) is 6. The quantitative estimate of drug-likeness (QED) is 0.851. The van der Waals surface area contributed by atoms with Crippen LogP contribution in [0.3, 0.4) is 0 Å². The number of carbonyl (C=O) groups excluding carboxylic acids is 1. The number of aromatic carboxylic acids is 1. The van der Waals surface area contributed by atoms with Gasteiger partial charge in [-0.2, -0.15) is 0 Å². The molecular weight excluding hydrogens is 278 g/mol. The van der Waals surface area contributed by atoms with Gasteiger partial charge >= 0.3 is 5.97 Å². The standard InChI is InChI=1S/C13H19N3O3S/c1-8(17)11-10(12(18)19)14-13(20-11)16-6-4-9(5-7-16)15(2)3/h9H,4-7H2,1-3H3,(H,18,19). The second kappa shape index (κ2) is 5.88. The van der Waals surface area contributed by atoms with E-state index >= 15 is 0 Å². The van der Waals surface area contributed by atoms with Crippen molar-refractivity contribution in [1.29, 1.82) is 0 Å². The summed E-state index contributed by atoms with van der Waals surface area (Å²) in [5.74, 6) is -1.38. The van der Waals surface area contributed by atoms with E-state index < -0.39 is 5.97 Å². The molecule has 0 bridgehead atoms. The van der Waals surface area contributed by atoms with E-state index in [-0.39, 0.29) is 16.4 Å². The molecule has 1 aromatic heterocycles. The fourth-order valence-electron chi connectivity index (χ4n) is 2.40. The number of carboxylic acids is 1. The Bertz CT molecular complexity index is 487. The van der Waals surface area contributed by atoms with E-state index in [0.29, 0.717) is 11.2 Å². The first-order chi connectivity index (χ1) is 9.40. The van der Waals surface area contributed by atoms with E-state index in [1.165, 1.54) is 18.3 Å². The summed E-state index contributed by atoms with van der Waals surface area (Å²) in [6.45, 7) is 3.06. The first-order valence-corrected chi connectivity index (χ1v) is 7.38. The number of aromatic nitrogens is 1. The van der Waals surface area contributed by atoms with Crippen molar-refractivity contribution in [3.8, 4) is 0 Å². The molecule has 110 valence electrons. The highest BCUT2D eigenvalue weighted by molar-refractivity contribution is 7.17. The third-order valence-corrected chi connectivity index (χ3v) is 4.82. The van der Waals surface area contributed by atoms with Crippen LogP contribution >= 0.6 is 11.3 Å². The van der Waals surface area contributed by atoms with E-state index in [1.54, 1.807) is 0 Å². The summed E-state index contributed by atoms with van der Waals surface area (Å²) in [5, 5.41) is 9.75. The molecule has 6 nitrogen and oxygen atoms in total. The van der Waals surface area contributed by atoms with Crippen LogP contribution in [0.25, 0.3) is 0 Å². The molecule has 0 aliphatic carbocycles. The van der Waals surface area contributed by atoms with Crippen LogP contribution in [-0.2, 0) is 0 Å². The SMILES string of the molecule is CC(=O)c1sc(N2CCC(N(C)C)CC2)nc1C(=O)O. The Morgan fingerprint density at radius 1 is 1.35 bits per heavy atom. The number of thiazole rings is 1. The van der Waals surface area contributed by atoms with Gasteiger partial charge in [0, 0.05) is 26.1 Å². The first kappa shape index (κ1) is 14.9. The monoisotopic (exact) mass is 297 g/mol. The topological polar surface area (TPSA) is 73.7 Å². The highest BCUT2D eigenvalue weighted by Crippen LogP contribution is 2.29. The van der Waals surface area contributed by atoms with Crippen LogP contribution in [-0.4, -0.2) is 60.0 Å². The molecular formula is C13H19N3O3S. The summed E-state index contributed by atoms with van der Waals surface area (Å²) in [6.07, 6.45) is 2.04. The molecule has 1 aromatic rings. The Morgan fingerprint density at radius 3 is 2.35 bits per heavy atom. The largest absolute Gasteiger partial charge is 0.476 e. The first-order valence-electron chi connectivity index (χ1n) is 6.56. The molecule has 7 heteroatoms. The average molecular weight is 297 g/mol. The zero-order valence-corrected chi connectivity index (χ0v) is 12.7. The normalized spacial score (nSPS) is 16.7. The molecule has 1 N–H and O–H groups in total. The molecule has 1 aliphatic heterocycles. The number of anilines is 1. The summed E-state index contributed by atoms with van der Waals surface area (Å²) in [6, 6.07) is 0.553. The number of hydrogen-bond donors (Lipinski definition) is 1. The van der Waals surface area contributed by atoms with Gasteiger partial charge in [0.2, 0.25) is 0 Å². The molecule has 2 heterocycles. The third-order valence-electron chi connectivity index (χ3n) is 3.60. The molecule has 0 amide bonds. The molecule has 0 unspecified atom stereocenters. The molecule has 0 saturated carbocycles. The molecule has 1 aliphatic rings. The van der Waals surface area contributed by atoms with E-state index in [9.17, 15) is 9.59 Å². The maximum absolute atomic E-state index is 11.5. The average Bonchev–Trinajstić information content (AvgIpc) is 2.84. The van der Waals surface area contributed by atoms with Gasteiger partial charge in [0.05, 0.1) is 0 Å². The molecule has 0 spiro atoms. The number of nitrogens with zero attached hydrogens (tertiary/aromatic N) is 3. The molecule has 0 atom stereocenters. The molecule has 0 radical (unpaired) electrons. The van der Waals surface area contributed by atoms with Gasteiger partial charge in [-0.25, -0.2) is 9.78 Å². The molecule has 20 heavy (non-hydrogen) atoms. The van der Waals surface area contributed by atoms with E-state index in [2.05, 4.69) is 28.9 Å². The lowest BCUT2D eigenvalue weighted by atomic mass is 10.0. The smallest absolute Gasteiger partial charge is 0.356 e. The summed E-state index contributed by atoms with van der Waals surface area (Å²) in [4.78, 5) is 31.3. The minimum absolute atomic E-state index is 0.118. The second-order valence-corrected chi connectivity index (χ2v) is 6.19. The zero-order chi connectivity index (χ0) is 14.9. The minimum Gasteiger partial charge on any atom is -0.476 e. The molecule has 1 fully saturated rings. The lowest BCUT2D eigenvalue weighted by molar-refractivity contribution is 0.0687. The van der Waals surface area contributed by atoms with Gasteiger partial charge < -0.3 is 14.9 Å².